The first kappa shape index (κ1) is 14.1. The standard InChI is InChI=1S/C11H16O5S/c1-8-3-5-10(6-4-8)17(14,15)16-7-11(13)9(2)12/h3-6,9,11-13H,7H2,1-2H3/t9-,11-/m0/s1. The van der Waals surface area contributed by atoms with E-state index in [0.29, 0.717) is 0 Å². The quantitative estimate of drug-likeness (QED) is 0.751. The summed E-state index contributed by atoms with van der Waals surface area (Å²) in [6.07, 6.45) is -2.27. The van der Waals surface area contributed by atoms with E-state index in [1.807, 2.05) is 6.92 Å². The summed E-state index contributed by atoms with van der Waals surface area (Å²) in [6.45, 7) is 2.73. The van der Waals surface area contributed by atoms with Crippen LogP contribution in [0, 0.1) is 6.92 Å². The van der Waals surface area contributed by atoms with E-state index in [0.717, 1.165) is 5.56 Å². The molecule has 0 aliphatic heterocycles. The summed E-state index contributed by atoms with van der Waals surface area (Å²) in [5.74, 6) is 0. The lowest BCUT2D eigenvalue weighted by Gasteiger charge is -2.13. The van der Waals surface area contributed by atoms with Gasteiger partial charge in [0.1, 0.15) is 6.10 Å². The molecule has 2 atom stereocenters. The van der Waals surface area contributed by atoms with Crippen molar-refractivity contribution in [2.75, 3.05) is 6.61 Å². The number of hydrogen-bond donors (Lipinski definition) is 2. The molecule has 5 nitrogen and oxygen atoms in total. The van der Waals surface area contributed by atoms with Crippen molar-refractivity contribution in [3.05, 3.63) is 29.8 Å². The number of aliphatic hydroxyl groups excluding tert-OH is 2. The fourth-order valence-corrected chi connectivity index (χ4v) is 2.00. The van der Waals surface area contributed by atoms with Crippen molar-refractivity contribution in [1.29, 1.82) is 0 Å². The molecule has 0 aliphatic carbocycles. The van der Waals surface area contributed by atoms with Crippen LogP contribution >= 0.6 is 0 Å². The summed E-state index contributed by atoms with van der Waals surface area (Å²) in [4.78, 5) is 0.0286. The normalized spacial score (nSPS) is 15.5. The lowest BCUT2D eigenvalue weighted by molar-refractivity contribution is 0.00376. The van der Waals surface area contributed by atoms with Gasteiger partial charge in [-0.1, -0.05) is 17.7 Å². The molecule has 0 saturated carbocycles. The fourth-order valence-electron chi connectivity index (χ4n) is 1.07. The van der Waals surface area contributed by atoms with Crippen LogP contribution in [0.3, 0.4) is 0 Å². The molecule has 96 valence electrons. The van der Waals surface area contributed by atoms with E-state index >= 15 is 0 Å². The molecule has 2 N–H and O–H groups in total. The highest BCUT2D eigenvalue weighted by Crippen LogP contribution is 2.13. The topological polar surface area (TPSA) is 83.8 Å². The number of benzene rings is 1. The first-order valence-electron chi connectivity index (χ1n) is 5.15. The van der Waals surface area contributed by atoms with Gasteiger partial charge in [0.05, 0.1) is 17.6 Å². The van der Waals surface area contributed by atoms with E-state index in [1.54, 1.807) is 12.1 Å². The highest BCUT2D eigenvalue weighted by Gasteiger charge is 2.19. The third-order valence-electron chi connectivity index (χ3n) is 2.26. The van der Waals surface area contributed by atoms with Crippen molar-refractivity contribution < 1.29 is 22.8 Å². The van der Waals surface area contributed by atoms with Crippen molar-refractivity contribution in [3.8, 4) is 0 Å². The predicted octanol–water partition coefficient (Wildman–Crippen LogP) is 0.442. The SMILES string of the molecule is Cc1ccc(S(=O)(=O)OC[C@H](O)[C@H](C)O)cc1. The third-order valence-corrected chi connectivity index (χ3v) is 3.56. The van der Waals surface area contributed by atoms with Crippen LogP contribution in [0.25, 0.3) is 0 Å². The molecule has 0 radical (unpaired) electrons. The maximum absolute atomic E-state index is 11.7. The van der Waals surface area contributed by atoms with Crippen LogP contribution in [0.2, 0.25) is 0 Å². The van der Waals surface area contributed by atoms with Gasteiger partial charge in [0, 0.05) is 0 Å². The molecule has 1 rings (SSSR count). The van der Waals surface area contributed by atoms with E-state index in [4.69, 9.17) is 5.11 Å². The second kappa shape index (κ2) is 5.59. The van der Waals surface area contributed by atoms with Crippen LogP contribution in [-0.2, 0) is 14.3 Å². The molecule has 1 aromatic carbocycles. The average Bonchev–Trinajstić information content (AvgIpc) is 2.26. The van der Waals surface area contributed by atoms with Crippen LogP contribution in [0.5, 0.6) is 0 Å². The van der Waals surface area contributed by atoms with Crippen LogP contribution < -0.4 is 0 Å². The maximum Gasteiger partial charge on any atom is 0.297 e. The Hall–Kier alpha value is -0.950. The lowest BCUT2D eigenvalue weighted by atomic mass is 10.2. The molecule has 0 amide bonds. The number of aryl methyl sites for hydroxylation is 1. The lowest BCUT2D eigenvalue weighted by Crippen LogP contribution is -2.29. The number of aliphatic hydroxyl groups is 2. The van der Waals surface area contributed by atoms with Gasteiger partial charge in [-0.2, -0.15) is 8.42 Å². The Bertz CT molecular complexity index is 449. The van der Waals surface area contributed by atoms with Crippen molar-refractivity contribution >= 4 is 10.1 Å². The fraction of sp³-hybridized carbons (Fsp3) is 0.455. The monoisotopic (exact) mass is 260 g/mol. The van der Waals surface area contributed by atoms with E-state index in [9.17, 15) is 13.5 Å². The van der Waals surface area contributed by atoms with Gasteiger partial charge in [-0.3, -0.25) is 4.18 Å². The van der Waals surface area contributed by atoms with Crippen molar-refractivity contribution in [2.45, 2.75) is 31.0 Å². The minimum absolute atomic E-state index is 0.0286. The van der Waals surface area contributed by atoms with Crippen LogP contribution in [0.4, 0.5) is 0 Å². The molecule has 0 saturated heterocycles. The molecule has 17 heavy (non-hydrogen) atoms. The Kier molecular flexibility index (Phi) is 4.64. The smallest absolute Gasteiger partial charge is 0.297 e. The van der Waals surface area contributed by atoms with Gasteiger partial charge in [0.2, 0.25) is 0 Å². The molecular formula is C11H16O5S. The summed E-state index contributed by atoms with van der Waals surface area (Å²) in [5.41, 5.74) is 0.938. The summed E-state index contributed by atoms with van der Waals surface area (Å²) in [6, 6.07) is 6.17. The van der Waals surface area contributed by atoms with Crippen molar-refractivity contribution in [1.82, 2.24) is 0 Å². The van der Waals surface area contributed by atoms with Gasteiger partial charge < -0.3 is 10.2 Å². The van der Waals surface area contributed by atoms with Crippen molar-refractivity contribution in [2.24, 2.45) is 0 Å². The minimum Gasteiger partial charge on any atom is -0.391 e. The predicted molar refractivity (Wildman–Crippen MR) is 62.0 cm³/mol. The molecule has 0 aromatic heterocycles. The van der Waals surface area contributed by atoms with Crippen molar-refractivity contribution in [3.63, 3.8) is 0 Å². The largest absolute Gasteiger partial charge is 0.391 e. The highest BCUT2D eigenvalue weighted by molar-refractivity contribution is 7.86. The Balaban J connectivity index is 2.72. The van der Waals surface area contributed by atoms with Crippen LogP contribution in [0.1, 0.15) is 12.5 Å². The van der Waals surface area contributed by atoms with Gasteiger partial charge >= 0.3 is 0 Å². The second-order valence-electron chi connectivity index (χ2n) is 3.86. The minimum atomic E-state index is -3.88. The number of rotatable bonds is 5. The van der Waals surface area contributed by atoms with Gasteiger partial charge in [-0.15, -0.1) is 0 Å². The second-order valence-corrected chi connectivity index (χ2v) is 5.48. The molecule has 0 heterocycles. The Labute approximate surface area is 101 Å². The molecule has 6 heteroatoms. The maximum atomic E-state index is 11.7. The zero-order valence-electron chi connectivity index (χ0n) is 9.70. The van der Waals surface area contributed by atoms with E-state index in [1.165, 1.54) is 19.1 Å². The van der Waals surface area contributed by atoms with E-state index < -0.39 is 28.9 Å². The molecule has 0 bridgehead atoms. The molecule has 0 aliphatic rings. The van der Waals surface area contributed by atoms with Gasteiger partial charge in [0.25, 0.3) is 10.1 Å². The first-order valence-corrected chi connectivity index (χ1v) is 6.56. The Morgan fingerprint density at radius 2 is 1.76 bits per heavy atom. The van der Waals surface area contributed by atoms with Gasteiger partial charge in [-0.05, 0) is 26.0 Å². The molecule has 0 fully saturated rings. The average molecular weight is 260 g/mol. The molecule has 1 aromatic rings. The molecule has 0 spiro atoms. The van der Waals surface area contributed by atoms with Crippen LogP contribution in [-0.4, -0.2) is 37.4 Å². The number of hydrogen-bond acceptors (Lipinski definition) is 5. The van der Waals surface area contributed by atoms with E-state index in [2.05, 4.69) is 4.18 Å². The molecular weight excluding hydrogens is 244 g/mol. The van der Waals surface area contributed by atoms with E-state index in [-0.39, 0.29) is 4.90 Å². The first-order chi connectivity index (χ1) is 7.83. The molecule has 0 unspecified atom stereocenters. The zero-order chi connectivity index (χ0) is 13.1. The van der Waals surface area contributed by atoms with Gasteiger partial charge in [0.15, 0.2) is 0 Å². The summed E-state index contributed by atoms with van der Waals surface area (Å²) in [7, 11) is -3.88. The zero-order valence-corrected chi connectivity index (χ0v) is 10.5. The third kappa shape index (κ3) is 4.08. The highest BCUT2D eigenvalue weighted by atomic mass is 32.2. The Morgan fingerprint density at radius 3 is 2.24 bits per heavy atom. The Morgan fingerprint density at radius 1 is 1.24 bits per heavy atom. The van der Waals surface area contributed by atoms with Gasteiger partial charge in [-0.25, -0.2) is 0 Å². The summed E-state index contributed by atoms with van der Waals surface area (Å²) < 4.78 is 28.0. The summed E-state index contributed by atoms with van der Waals surface area (Å²) >= 11 is 0. The van der Waals surface area contributed by atoms with Crippen LogP contribution in [0.15, 0.2) is 29.2 Å². The summed E-state index contributed by atoms with van der Waals surface area (Å²) in [5, 5.41) is 18.2.